The Morgan fingerprint density at radius 3 is 1.89 bits per heavy atom. The van der Waals surface area contributed by atoms with Crippen LogP contribution in [0.2, 0.25) is 0 Å². The molecule has 0 saturated carbocycles. The summed E-state index contributed by atoms with van der Waals surface area (Å²) in [5.41, 5.74) is 0.184. The molecular weight excluding hydrogens is 248 g/mol. The van der Waals surface area contributed by atoms with E-state index in [2.05, 4.69) is 19.2 Å². The van der Waals surface area contributed by atoms with Crippen molar-refractivity contribution in [3.63, 3.8) is 0 Å². The minimum atomic E-state index is -2.53. The lowest BCUT2D eigenvalue weighted by molar-refractivity contribution is 0.106. The predicted molar refractivity (Wildman–Crippen MR) is 78.0 cm³/mol. The first kappa shape index (κ1) is 20.3. The van der Waals surface area contributed by atoms with Gasteiger partial charge < -0.3 is 24.7 Å². The van der Waals surface area contributed by atoms with Crippen molar-refractivity contribution >= 4 is 8.80 Å². The fourth-order valence-electron chi connectivity index (χ4n) is 2.02. The zero-order chi connectivity index (χ0) is 13.1. The highest BCUT2D eigenvalue weighted by Gasteiger charge is 2.46. The first-order valence-electron chi connectivity index (χ1n) is 6.59. The topological polar surface area (TPSA) is 74.7 Å². The zero-order valence-electron chi connectivity index (χ0n) is 12.8. The monoisotopic (exact) mass is 280 g/mol. The predicted octanol–water partition coefficient (Wildman–Crippen LogP) is 2.51. The van der Waals surface area contributed by atoms with Gasteiger partial charge in [0.2, 0.25) is 0 Å². The van der Waals surface area contributed by atoms with Crippen LogP contribution in [0.25, 0.3) is 0 Å². The van der Waals surface area contributed by atoms with Crippen molar-refractivity contribution in [2.45, 2.75) is 51.6 Å². The Hall–Kier alpha value is 0.0169. The molecule has 0 aliphatic heterocycles. The van der Waals surface area contributed by atoms with Crippen LogP contribution < -0.4 is 11.5 Å². The van der Waals surface area contributed by atoms with Crippen LogP contribution in [-0.2, 0) is 13.3 Å². The molecular formula is C12H32N2O3Si. The van der Waals surface area contributed by atoms with Crippen LogP contribution >= 0.6 is 0 Å². The lowest BCUT2D eigenvalue weighted by Gasteiger charge is -2.32. The zero-order valence-corrected chi connectivity index (χ0v) is 13.8. The van der Waals surface area contributed by atoms with E-state index < -0.39 is 8.80 Å². The SMILES string of the molecule is CCCCCCNC(CC)[Si](OC)(OC)OC.N. The minimum absolute atomic E-state index is 0. The molecule has 0 heterocycles. The molecule has 0 spiro atoms. The Labute approximate surface area is 114 Å². The Morgan fingerprint density at radius 1 is 0.944 bits per heavy atom. The third kappa shape index (κ3) is 6.26. The van der Waals surface area contributed by atoms with Gasteiger partial charge in [-0.05, 0) is 19.4 Å². The Bertz CT molecular complexity index is 172. The van der Waals surface area contributed by atoms with Gasteiger partial charge in [-0.1, -0.05) is 33.1 Å². The Morgan fingerprint density at radius 2 is 1.50 bits per heavy atom. The molecule has 0 aliphatic carbocycles. The number of nitrogens with one attached hydrogen (secondary N) is 1. The quantitative estimate of drug-likeness (QED) is 0.449. The highest BCUT2D eigenvalue weighted by molar-refractivity contribution is 6.62. The van der Waals surface area contributed by atoms with Gasteiger partial charge in [0.15, 0.2) is 0 Å². The summed E-state index contributed by atoms with van der Waals surface area (Å²) in [6.45, 7) is 5.35. The van der Waals surface area contributed by atoms with Crippen molar-refractivity contribution in [3.8, 4) is 0 Å². The van der Waals surface area contributed by atoms with E-state index in [-0.39, 0.29) is 11.8 Å². The van der Waals surface area contributed by atoms with Crippen LogP contribution in [0.4, 0.5) is 0 Å². The molecule has 0 amide bonds. The van der Waals surface area contributed by atoms with E-state index in [9.17, 15) is 0 Å². The molecule has 0 bridgehead atoms. The standard InChI is InChI=1S/C12H29NO3Si.H3N/c1-6-8-9-10-11-13-12(7-2)17(14-3,15-4)16-5;/h12-13H,6-11H2,1-5H3;1H3. The summed E-state index contributed by atoms with van der Waals surface area (Å²) in [5, 5.41) is 3.51. The largest absolute Gasteiger partial charge is 0.517 e. The number of unbranched alkanes of at least 4 members (excludes halogenated alkanes) is 3. The fraction of sp³-hybridized carbons (Fsp3) is 1.00. The van der Waals surface area contributed by atoms with Crippen LogP contribution in [-0.4, -0.2) is 42.3 Å². The fourth-order valence-corrected chi connectivity index (χ4v) is 4.27. The van der Waals surface area contributed by atoms with Crippen LogP contribution in [0.1, 0.15) is 46.0 Å². The molecule has 0 aliphatic rings. The van der Waals surface area contributed by atoms with Crippen molar-refractivity contribution in [1.29, 1.82) is 0 Å². The van der Waals surface area contributed by atoms with E-state index in [1.54, 1.807) is 21.3 Å². The maximum atomic E-state index is 5.50. The molecule has 0 rings (SSSR count). The van der Waals surface area contributed by atoms with Crippen LogP contribution in [0.15, 0.2) is 0 Å². The van der Waals surface area contributed by atoms with Gasteiger partial charge in [-0.3, -0.25) is 0 Å². The molecule has 0 aromatic carbocycles. The summed E-state index contributed by atoms with van der Waals surface area (Å²) in [5.74, 6) is 0. The molecule has 4 N–H and O–H groups in total. The lowest BCUT2D eigenvalue weighted by atomic mass is 10.2. The molecule has 0 saturated heterocycles. The van der Waals surface area contributed by atoms with Crippen molar-refractivity contribution in [3.05, 3.63) is 0 Å². The molecule has 0 radical (unpaired) electrons. The number of rotatable bonds is 11. The Kier molecular flexibility index (Phi) is 13.6. The summed E-state index contributed by atoms with van der Waals surface area (Å²) in [6.07, 6.45) is 6.01. The lowest BCUT2D eigenvalue weighted by Crippen LogP contribution is -2.60. The van der Waals surface area contributed by atoms with Gasteiger partial charge in [0.1, 0.15) is 0 Å². The van der Waals surface area contributed by atoms with Gasteiger partial charge in [0, 0.05) is 21.3 Å². The van der Waals surface area contributed by atoms with Gasteiger partial charge in [0.25, 0.3) is 0 Å². The van der Waals surface area contributed by atoms with Crippen LogP contribution in [0.3, 0.4) is 0 Å². The van der Waals surface area contributed by atoms with E-state index in [0.717, 1.165) is 13.0 Å². The second kappa shape index (κ2) is 12.1. The summed E-state index contributed by atoms with van der Waals surface area (Å²) >= 11 is 0. The van der Waals surface area contributed by atoms with Gasteiger partial charge in [0.05, 0.1) is 5.67 Å². The maximum Gasteiger partial charge on any atom is 0.517 e. The van der Waals surface area contributed by atoms with Crippen molar-refractivity contribution < 1.29 is 13.3 Å². The van der Waals surface area contributed by atoms with E-state index in [4.69, 9.17) is 13.3 Å². The molecule has 0 fully saturated rings. The summed E-state index contributed by atoms with van der Waals surface area (Å²) in [6, 6.07) is 0. The Balaban J connectivity index is 0. The molecule has 18 heavy (non-hydrogen) atoms. The molecule has 5 nitrogen and oxygen atoms in total. The van der Waals surface area contributed by atoms with Crippen LogP contribution in [0.5, 0.6) is 0 Å². The average Bonchev–Trinajstić information content (AvgIpc) is 2.38. The molecule has 112 valence electrons. The van der Waals surface area contributed by atoms with Crippen molar-refractivity contribution in [2.24, 2.45) is 0 Å². The number of hydrogen-bond donors (Lipinski definition) is 2. The summed E-state index contributed by atoms with van der Waals surface area (Å²) in [7, 11) is 2.48. The number of hydrogen-bond acceptors (Lipinski definition) is 5. The normalized spacial score (nSPS) is 13.2. The first-order chi connectivity index (χ1) is 8.20. The molecule has 1 atom stereocenters. The van der Waals surface area contributed by atoms with Gasteiger partial charge >= 0.3 is 8.80 Å². The second-order valence-corrected chi connectivity index (χ2v) is 7.32. The van der Waals surface area contributed by atoms with E-state index in [1.165, 1.54) is 25.7 Å². The van der Waals surface area contributed by atoms with E-state index in [0.29, 0.717) is 0 Å². The smallest absolute Gasteiger partial charge is 0.376 e. The summed E-state index contributed by atoms with van der Waals surface area (Å²) < 4.78 is 16.5. The highest BCUT2D eigenvalue weighted by Crippen LogP contribution is 2.14. The third-order valence-corrected chi connectivity index (χ3v) is 6.28. The third-order valence-electron chi connectivity index (χ3n) is 3.11. The molecule has 0 aromatic rings. The molecule has 6 heteroatoms. The second-order valence-electron chi connectivity index (χ2n) is 4.19. The minimum Gasteiger partial charge on any atom is -0.376 e. The van der Waals surface area contributed by atoms with Gasteiger partial charge in [-0.15, -0.1) is 0 Å². The molecule has 1 unspecified atom stereocenters. The van der Waals surface area contributed by atoms with Crippen molar-refractivity contribution in [2.75, 3.05) is 27.9 Å². The molecule has 0 aromatic heterocycles. The van der Waals surface area contributed by atoms with E-state index >= 15 is 0 Å². The first-order valence-corrected chi connectivity index (χ1v) is 8.39. The highest BCUT2D eigenvalue weighted by atomic mass is 28.4. The van der Waals surface area contributed by atoms with Crippen LogP contribution in [0, 0.1) is 0 Å². The van der Waals surface area contributed by atoms with Gasteiger partial charge in [-0.25, -0.2) is 0 Å². The maximum absolute atomic E-state index is 5.50. The average molecular weight is 280 g/mol. The summed E-state index contributed by atoms with van der Waals surface area (Å²) in [4.78, 5) is 0. The van der Waals surface area contributed by atoms with Gasteiger partial charge in [-0.2, -0.15) is 0 Å². The van der Waals surface area contributed by atoms with E-state index in [1.807, 2.05) is 0 Å². The van der Waals surface area contributed by atoms with Crippen molar-refractivity contribution in [1.82, 2.24) is 11.5 Å².